The van der Waals surface area contributed by atoms with E-state index in [9.17, 15) is 4.79 Å². The second-order valence-electron chi connectivity index (χ2n) is 6.25. The molecule has 0 aromatic heterocycles. The molecule has 0 saturated heterocycles. The number of nitrogens with one attached hydrogen (secondary N) is 2. The molecule has 2 aromatic carbocycles. The standard InChI is InChI=1S/C21H28ClN3O/c1-4-25(5-2)19-10-11-20(16(3)14-19)23-13-12-21(26)24-15-17-6-8-18(22)9-7-17/h6-11,14,23H,4-5,12-13,15H2,1-3H3,(H,24,26). The van der Waals surface area contributed by atoms with Crippen molar-refractivity contribution in [1.29, 1.82) is 0 Å². The first kappa shape index (κ1) is 20.1. The van der Waals surface area contributed by atoms with Crippen molar-refractivity contribution in [2.75, 3.05) is 29.9 Å². The van der Waals surface area contributed by atoms with Crippen LogP contribution in [0.25, 0.3) is 0 Å². The van der Waals surface area contributed by atoms with Crippen LogP contribution in [0, 0.1) is 6.92 Å². The number of carbonyl (C=O) groups is 1. The number of rotatable bonds is 9. The topological polar surface area (TPSA) is 44.4 Å². The van der Waals surface area contributed by atoms with Crippen molar-refractivity contribution in [2.45, 2.75) is 33.7 Å². The summed E-state index contributed by atoms with van der Waals surface area (Å²) in [4.78, 5) is 14.3. The molecule has 0 bridgehead atoms. The Bertz CT molecular complexity index is 712. The van der Waals surface area contributed by atoms with Crippen molar-refractivity contribution < 1.29 is 4.79 Å². The van der Waals surface area contributed by atoms with Crippen molar-refractivity contribution in [3.63, 3.8) is 0 Å². The number of anilines is 2. The predicted octanol–water partition coefficient (Wildman–Crippen LogP) is 4.61. The van der Waals surface area contributed by atoms with Gasteiger partial charge in [0, 0.05) is 49.0 Å². The molecule has 0 aliphatic heterocycles. The Morgan fingerprint density at radius 1 is 1.08 bits per heavy atom. The summed E-state index contributed by atoms with van der Waals surface area (Å²) < 4.78 is 0. The van der Waals surface area contributed by atoms with Crippen LogP contribution in [-0.4, -0.2) is 25.5 Å². The molecule has 5 heteroatoms. The quantitative estimate of drug-likeness (QED) is 0.674. The third-order valence-corrected chi connectivity index (χ3v) is 4.66. The Labute approximate surface area is 161 Å². The van der Waals surface area contributed by atoms with Crippen molar-refractivity contribution >= 4 is 28.9 Å². The van der Waals surface area contributed by atoms with Crippen LogP contribution in [0.5, 0.6) is 0 Å². The SMILES string of the molecule is CCN(CC)c1ccc(NCCC(=O)NCc2ccc(Cl)cc2)c(C)c1. The van der Waals surface area contributed by atoms with Crippen LogP contribution < -0.4 is 15.5 Å². The summed E-state index contributed by atoms with van der Waals surface area (Å²) in [6, 6.07) is 13.9. The van der Waals surface area contributed by atoms with E-state index < -0.39 is 0 Å². The molecule has 2 aromatic rings. The summed E-state index contributed by atoms with van der Waals surface area (Å²) in [7, 11) is 0. The summed E-state index contributed by atoms with van der Waals surface area (Å²) in [5.41, 5.74) is 4.54. The maximum atomic E-state index is 12.0. The molecule has 4 nitrogen and oxygen atoms in total. The fourth-order valence-corrected chi connectivity index (χ4v) is 2.96. The van der Waals surface area contributed by atoms with Gasteiger partial charge in [0.05, 0.1) is 0 Å². The second-order valence-corrected chi connectivity index (χ2v) is 6.69. The second kappa shape index (κ2) is 10.1. The van der Waals surface area contributed by atoms with Crippen molar-refractivity contribution in [1.82, 2.24) is 5.32 Å². The third kappa shape index (κ3) is 5.95. The van der Waals surface area contributed by atoms with Crippen LogP contribution in [-0.2, 0) is 11.3 Å². The van der Waals surface area contributed by atoms with Crippen molar-refractivity contribution in [3.05, 3.63) is 58.6 Å². The molecule has 0 unspecified atom stereocenters. The van der Waals surface area contributed by atoms with E-state index >= 15 is 0 Å². The normalized spacial score (nSPS) is 10.5. The fraction of sp³-hybridized carbons (Fsp3) is 0.381. The first-order valence-corrected chi connectivity index (χ1v) is 9.51. The maximum absolute atomic E-state index is 12.0. The van der Waals surface area contributed by atoms with E-state index in [1.807, 2.05) is 24.3 Å². The minimum atomic E-state index is 0.0323. The number of nitrogens with zero attached hydrogens (tertiary/aromatic N) is 1. The lowest BCUT2D eigenvalue weighted by molar-refractivity contribution is -0.121. The molecular formula is C21H28ClN3O. The smallest absolute Gasteiger partial charge is 0.222 e. The molecule has 1 amide bonds. The van der Waals surface area contributed by atoms with Gasteiger partial charge in [0.2, 0.25) is 5.91 Å². The molecule has 0 aliphatic rings. The van der Waals surface area contributed by atoms with E-state index in [1.165, 1.54) is 11.3 Å². The van der Waals surface area contributed by atoms with Crippen LogP contribution in [0.15, 0.2) is 42.5 Å². The Hall–Kier alpha value is -2.20. The number of aryl methyl sites for hydroxylation is 1. The average molecular weight is 374 g/mol. The number of hydrogen-bond acceptors (Lipinski definition) is 3. The zero-order valence-electron chi connectivity index (χ0n) is 15.8. The summed E-state index contributed by atoms with van der Waals surface area (Å²) in [5.74, 6) is 0.0323. The third-order valence-electron chi connectivity index (χ3n) is 4.41. The van der Waals surface area contributed by atoms with Crippen LogP contribution in [0.3, 0.4) is 0 Å². The highest BCUT2D eigenvalue weighted by Gasteiger charge is 2.06. The average Bonchev–Trinajstić information content (AvgIpc) is 2.64. The molecule has 26 heavy (non-hydrogen) atoms. The molecule has 0 fully saturated rings. The minimum absolute atomic E-state index is 0.0323. The lowest BCUT2D eigenvalue weighted by Gasteiger charge is -2.22. The van der Waals surface area contributed by atoms with E-state index in [4.69, 9.17) is 11.6 Å². The molecule has 140 valence electrons. The molecule has 2 N–H and O–H groups in total. The highest BCUT2D eigenvalue weighted by atomic mass is 35.5. The van der Waals surface area contributed by atoms with Crippen molar-refractivity contribution in [3.8, 4) is 0 Å². The largest absolute Gasteiger partial charge is 0.384 e. The maximum Gasteiger partial charge on any atom is 0.222 e. The molecular weight excluding hydrogens is 346 g/mol. The van der Waals surface area contributed by atoms with E-state index in [0.29, 0.717) is 24.5 Å². The number of amides is 1. The molecule has 2 rings (SSSR count). The van der Waals surface area contributed by atoms with Crippen LogP contribution in [0.2, 0.25) is 5.02 Å². The van der Waals surface area contributed by atoms with E-state index in [0.717, 1.165) is 24.3 Å². The predicted molar refractivity (Wildman–Crippen MR) is 111 cm³/mol. The van der Waals surface area contributed by atoms with Crippen molar-refractivity contribution in [2.24, 2.45) is 0 Å². The summed E-state index contributed by atoms with van der Waals surface area (Å²) >= 11 is 5.86. The van der Waals surface area contributed by atoms with Crippen LogP contribution in [0.1, 0.15) is 31.4 Å². The molecule has 0 heterocycles. The van der Waals surface area contributed by atoms with E-state index in [2.05, 4.69) is 54.5 Å². The molecule has 0 saturated carbocycles. The first-order valence-electron chi connectivity index (χ1n) is 9.14. The number of halogens is 1. The lowest BCUT2D eigenvalue weighted by atomic mass is 10.1. The fourth-order valence-electron chi connectivity index (χ4n) is 2.83. The Morgan fingerprint density at radius 2 is 1.77 bits per heavy atom. The van der Waals surface area contributed by atoms with Gasteiger partial charge in [-0.05, 0) is 62.2 Å². The molecule has 0 radical (unpaired) electrons. The van der Waals surface area contributed by atoms with E-state index in [-0.39, 0.29) is 5.91 Å². The Balaban J connectivity index is 1.78. The van der Waals surface area contributed by atoms with Gasteiger partial charge in [-0.1, -0.05) is 23.7 Å². The Morgan fingerprint density at radius 3 is 2.38 bits per heavy atom. The van der Waals surface area contributed by atoms with Gasteiger partial charge < -0.3 is 15.5 Å². The summed E-state index contributed by atoms with van der Waals surface area (Å²) in [6.45, 7) is 9.54. The van der Waals surface area contributed by atoms with Gasteiger partial charge in [-0.15, -0.1) is 0 Å². The zero-order valence-corrected chi connectivity index (χ0v) is 16.6. The Kier molecular flexibility index (Phi) is 7.79. The van der Waals surface area contributed by atoms with Crippen LogP contribution >= 0.6 is 11.6 Å². The van der Waals surface area contributed by atoms with Gasteiger partial charge in [0.1, 0.15) is 0 Å². The highest BCUT2D eigenvalue weighted by molar-refractivity contribution is 6.30. The highest BCUT2D eigenvalue weighted by Crippen LogP contribution is 2.22. The monoisotopic (exact) mass is 373 g/mol. The number of hydrogen-bond donors (Lipinski definition) is 2. The summed E-state index contributed by atoms with van der Waals surface area (Å²) in [5, 5.41) is 6.99. The van der Waals surface area contributed by atoms with E-state index in [1.54, 1.807) is 0 Å². The molecule has 0 atom stereocenters. The van der Waals surface area contributed by atoms with Gasteiger partial charge in [0.25, 0.3) is 0 Å². The minimum Gasteiger partial charge on any atom is -0.384 e. The zero-order chi connectivity index (χ0) is 18.9. The number of carbonyl (C=O) groups excluding carboxylic acids is 1. The van der Waals surface area contributed by atoms with Gasteiger partial charge in [0.15, 0.2) is 0 Å². The van der Waals surface area contributed by atoms with Crippen LogP contribution in [0.4, 0.5) is 11.4 Å². The lowest BCUT2D eigenvalue weighted by Crippen LogP contribution is -2.25. The molecule has 0 aliphatic carbocycles. The first-order chi connectivity index (χ1) is 12.5. The van der Waals surface area contributed by atoms with Gasteiger partial charge >= 0.3 is 0 Å². The molecule has 0 spiro atoms. The number of benzene rings is 2. The van der Waals surface area contributed by atoms with Gasteiger partial charge in [-0.2, -0.15) is 0 Å². The van der Waals surface area contributed by atoms with Gasteiger partial charge in [-0.25, -0.2) is 0 Å². The summed E-state index contributed by atoms with van der Waals surface area (Å²) in [6.07, 6.45) is 0.435. The van der Waals surface area contributed by atoms with Gasteiger partial charge in [-0.3, -0.25) is 4.79 Å².